The van der Waals surface area contributed by atoms with Crippen molar-refractivity contribution < 1.29 is 14.3 Å². The number of halogens is 1. The molecule has 0 atom stereocenters. The molecule has 5 nitrogen and oxygen atoms in total. The number of ether oxygens (including phenoxy) is 1. The molecule has 0 saturated heterocycles. The third-order valence-corrected chi connectivity index (χ3v) is 4.46. The van der Waals surface area contributed by atoms with Gasteiger partial charge in [-0.3, -0.25) is 14.5 Å². The zero-order valence-electron chi connectivity index (χ0n) is 15.5. The fourth-order valence-electron chi connectivity index (χ4n) is 3.00. The van der Waals surface area contributed by atoms with E-state index in [0.717, 1.165) is 0 Å². The lowest BCUT2D eigenvalue weighted by Crippen LogP contribution is -2.38. The molecule has 2 amide bonds. The number of anilines is 1. The largest absolute Gasteiger partial charge is 0.492 e. The van der Waals surface area contributed by atoms with Crippen LogP contribution in [0.5, 0.6) is 5.75 Å². The molecule has 6 heteroatoms. The summed E-state index contributed by atoms with van der Waals surface area (Å²) in [4.78, 5) is 27.3. The number of nitrogens with one attached hydrogen (secondary N) is 1. The fourth-order valence-corrected chi connectivity index (χ4v) is 3.13. The topological polar surface area (TPSA) is 58.6 Å². The van der Waals surface area contributed by atoms with E-state index in [1.807, 2.05) is 45.0 Å². The van der Waals surface area contributed by atoms with Gasteiger partial charge in [-0.2, -0.15) is 0 Å². The van der Waals surface area contributed by atoms with Crippen LogP contribution < -0.4 is 10.1 Å². The molecule has 1 aliphatic heterocycles. The summed E-state index contributed by atoms with van der Waals surface area (Å²) in [5.41, 5.74) is 1.84. The summed E-state index contributed by atoms with van der Waals surface area (Å²) in [6.45, 7) is 6.01. The Labute approximate surface area is 163 Å². The van der Waals surface area contributed by atoms with E-state index in [2.05, 4.69) is 5.32 Å². The van der Waals surface area contributed by atoms with Crippen molar-refractivity contribution in [1.29, 1.82) is 0 Å². The molecule has 0 saturated carbocycles. The van der Waals surface area contributed by atoms with Crippen LogP contribution in [0.15, 0.2) is 54.2 Å². The maximum absolute atomic E-state index is 13.0. The van der Waals surface area contributed by atoms with Gasteiger partial charge < -0.3 is 10.1 Å². The number of carbonyl (C=O) groups excluding carboxylic acids is 2. The first-order valence-corrected chi connectivity index (χ1v) is 9.18. The Kier molecular flexibility index (Phi) is 5.51. The molecule has 1 aliphatic rings. The summed E-state index contributed by atoms with van der Waals surface area (Å²) in [7, 11) is 0. The molecule has 0 radical (unpaired) electrons. The molecular weight excluding hydrogens is 364 g/mol. The number of hydrogen-bond donors (Lipinski definition) is 1. The van der Waals surface area contributed by atoms with Crippen LogP contribution in [0.25, 0.3) is 5.57 Å². The average molecular weight is 385 g/mol. The highest BCUT2D eigenvalue weighted by molar-refractivity contribution is 6.37. The van der Waals surface area contributed by atoms with Crippen LogP contribution in [0.4, 0.5) is 5.69 Å². The number of benzene rings is 2. The van der Waals surface area contributed by atoms with Gasteiger partial charge in [0.2, 0.25) is 0 Å². The minimum atomic E-state index is -0.355. The average Bonchev–Trinajstić information content (AvgIpc) is 2.88. The second-order valence-corrected chi connectivity index (χ2v) is 6.82. The Morgan fingerprint density at radius 1 is 1.04 bits per heavy atom. The predicted molar refractivity (Wildman–Crippen MR) is 107 cm³/mol. The van der Waals surface area contributed by atoms with E-state index in [1.54, 1.807) is 24.3 Å². The Balaban J connectivity index is 2.10. The highest BCUT2D eigenvalue weighted by atomic mass is 35.5. The highest BCUT2D eigenvalue weighted by Gasteiger charge is 2.40. The van der Waals surface area contributed by atoms with Crippen LogP contribution in [-0.2, 0) is 9.59 Å². The molecule has 27 heavy (non-hydrogen) atoms. The van der Waals surface area contributed by atoms with Crippen molar-refractivity contribution in [2.75, 3.05) is 11.9 Å². The number of hydrogen-bond acceptors (Lipinski definition) is 4. The van der Waals surface area contributed by atoms with Crippen LogP contribution in [0.3, 0.4) is 0 Å². The Hall–Kier alpha value is -2.79. The smallest absolute Gasteiger partial charge is 0.278 e. The minimum Gasteiger partial charge on any atom is -0.492 e. The predicted octanol–water partition coefficient (Wildman–Crippen LogP) is 4.34. The van der Waals surface area contributed by atoms with Crippen molar-refractivity contribution in [3.63, 3.8) is 0 Å². The zero-order valence-corrected chi connectivity index (χ0v) is 16.2. The number of para-hydroxylation sites is 2. The van der Waals surface area contributed by atoms with E-state index in [0.29, 0.717) is 34.2 Å². The maximum atomic E-state index is 13.0. The second-order valence-electron chi connectivity index (χ2n) is 6.39. The van der Waals surface area contributed by atoms with Crippen LogP contribution in [-0.4, -0.2) is 29.4 Å². The van der Waals surface area contributed by atoms with E-state index in [4.69, 9.17) is 16.3 Å². The number of imide groups is 1. The number of rotatable bonds is 6. The van der Waals surface area contributed by atoms with Gasteiger partial charge in [-0.15, -0.1) is 0 Å². The maximum Gasteiger partial charge on any atom is 0.278 e. The monoisotopic (exact) mass is 384 g/mol. The van der Waals surface area contributed by atoms with Crippen molar-refractivity contribution in [3.8, 4) is 5.75 Å². The number of nitrogens with zero attached hydrogens (tertiary/aromatic N) is 1. The van der Waals surface area contributed by atoms with Crippen molar-refractivity contribution in [1.82, 2.24) is 4.90 Å². The van der Waals surface area contributed by atoms with Gasteiger partial charge in [0.05, 0.1) is 17.9 Å². The van der Waals surface area contributed by atoms with Gasteiger partial charge in [-0.1, -0.05) is 35.9 Å². The summed E-state index contributed by atoms with van der Waals surface area (Å²) < 4.78 is 5.63. The molecule has 0 aliphatic carbocycles. The fraction of sp³-hybridized carbons (Fsp3) is 0.238. The Morgan fingerprint density at radius 3 is 2.33 bits per heavy atom. The molecule has 0 spiro atoms. The molecule has 0 fully saturated rings. The third kappa shape index (κ3) is 3.69. The van der Waals surface area contributed by atoms with E-state index in [9.17, 15) is 9.59 Å². The SMILES string of the molecule is CCOc1ccccc1NC1=C(c2ccc(Cl)cc2)C(=O)N(C(C)C)C1=O. The molecular formula is C21H21ClN2O3. The van der Waals surface area contributed by atoms with Gasteiger partial charge in [0.15, 0.2) is 0 Å². The summed E-state index contributed by atoms with van der Waals surface area (Å²) in [6, 6.07) is 13.9. The first-order valence-electron chi connectivity index (χ1n) is 8.81. The normalized spacial score (nSPS) is 14.3. The molecule has 0 bridgehead atoms. The van der Waals surface area contributed by atoms with Crippen LogP contribution in [0.1, 0.15) is 26.3 Å². The summed E-state index contributed by atoms with van der Waals surface area (Å²) in [5.74, 6) is -0.0637. The third-order valence-electron chi connectivity index (χ3n) is 4.21. The van der Waals surface area contributed by atoms with Crippen molar-refractivity contribution >= 4 is 34.7 Å². The Bertz CT molecular complexity index is 904. The highest BCUT2D eigenvalue weighted by Crippen LogP contribution is 2.34. The quantitative estimate of drug-likeness (QED) is 0.753. The van der Waals surface area contributed by atoms with Crippen LogP contribution in [0.2, 0.25) is 5.02 Å². The van der Waals surface area contributed by atoms with Crippen molar-refractivity contribution in [2.45, 2.75) is 26.8 Å². The van der Waals surface area contributed by atoms with Gasteiger partial charge in [0, 0.05) is 11.1 Å². The molecule has 0 unspecified atom stereocenters. The standard InChI is InChI=1S/C21H21ClN2O3/c1-4-27-17-8-6-5-7-16(17)23-19-18(14-9-11-15(22)12-10-14)20(25)24(13(2)3)21(19)26/h5-13,23H,4H2,1-3H3. The molecule has 3 rings (SSSR count). The van der Waals surface area contributed by atoms with E-state index < -0.39 is 0 Å². The summed E-state index contributed by atoms with van der Waals surface area (Å²) >= 11 is 5.97. The van der Waals surface area contributed by atoms with Crippen molar-refractivity contribution in [2.24, 2.45) is 0 Å². The van der Waals surface area contributed by atoms with E-state index in [-0.39, 0.29) is 23.6 Å². The molecule has 1 N–H and O–H groups in total. The first kappa shape index (κ1) is 19.0. The Morgan fingerprint density at radius 2 is 1.70 bits per heavy atom. The number of amides is 2. The van der Waals surface area contributed by atoms with E-state index >= 15 is 0 Å². The molecule has 2 aromatic carbocycles. The molecule has 140 valence electrons. The lowest BCUT2D eigenvalue weighted by molar-refractivity contribution is -0.138. The number of carbonyl (C=O) groups is 2. The van der Waals surface area contributed by atoms with Gasteiger partial charge in [0.1, 0.15) is 11.4 Å². The van der Waals surface area contributed by atoms with Gasteiger partial charge in [0.25, 0.3) is 11.8 Å². The zero-order chi connectivity index (χ0) is 19.6. The van der Waals surface area contributed by atoms with Gasteiger partial charge in [-0.05, 0) is 50.6 Å². The second kappa shape index (κ2) is 7.84. The van der Waals surface area contributed by atoms with Crippen molar-refractivity contribution in [3.05, 3.63) is 64.8 Å². The molecule has 2 aromatic rings. The lowest BCUT2D eigenvalue weighted by Gasteiger charge is -2.19. The molecule has 0 aromatic heterocycles. The lowest BCUT2D eigenvalue weighted by atomic mass is 10.0. The van der Waals surface area contributed by atoms with Crippen LogP contribution in [0, 0.1) is 0 Å². The first-order chi connectivity index (χ1) is 12.9. The summed E-state index contributed by atoms with van der Waals surface area (Å²) in [5, 5.41) is 3.70. The van der Waals surface area contributed by atoms with Gasteiger partial charge in [-0.25, -0.2) is 0 Å². The minimum absolute atomic E-state index is 0.239. The van der Waals surface area contributed by atoms with Gasteiger partial charge >= 0.3 is 0 Å². The summed E-state index contributed by atoms with van der Waals surface area (Å²) in [6.07, 6.45) is 0. The molecule has 1 heterocycles. The van der Waals surface area contributed by atoms with E-state index in [1.165, 1.54) is 4.90 Å². The van der Waals surface area contributed by atoms with Crippen LogP contribution >= 0.6 is 11.6 Å².